The minimum Gasteiger partial charge on any atom is -0.447 e. The van der Waals surface area contributed by atoms with Crippen LogP contribution in [0.2, 0.25) is 0 Å². The average molecular weight is 396 g/mol. The van der Waals surface area contributed by atoms with Gasteiger partial charge in [-0.05, 0) is 19.1 Å². The summed E-state index contributed by atoms with van der Waals surface area (Å²) in [5.74, 6) is 0.488. The first-order valence-electron chi connectivity index (χ1n) is 8.78. The molecular formula is C21H20N2O4S. The molecule has 1 atom stereocenters. The van der Waals surface area contributed by atoms with Gasteiger partial charge >= 0.3 is 5.97 Å². The van der Waals surface area contributed by atoms with Crippen molar-refractivity contribution in [1.29, 1.82) is 0 Å². The van der Waals surface area contributed by atoms with Crippen molar-refractivity contribution in [2.24, 2.45) is 0 Å². The number of aryl methyl sites for hydroxylation is 1. The molecule has 7 heteroatoms. The van der Waals surface area contributed by atoms with E-state index in [0.717, 1.165) is 4.90 Å². The third kappa shape index (κ3) is 5.72. The van der Waals surface area contributed by atoms with Crippen LogP contribution in [0, 0.1) is 6.92 Å². The summed E-state index contributed by atoms with van der Waals surface area (Å²) in [5, 5.41) is 6.37. The van der Waals surface area contributed by atoms with Crippen molar-refractivity contribution in [3.8, 4) is 0 Å². The number of rotatable bonds is 8. The molecule has 1 amide bonds. The van der Waals surface area contributed by atoms with E-state index in [0.29, 0.717) is 17.1 Å². The Morgan fingerprint density at radius 1 is 1.11 bits per heavy atom. The van der Waals surface area contributed by atoms with Crippen molar-refractivity contribution in [3.63, 3.8) is 0 Å². The maximum Gasteiger partial charge on any atom is 0.307 e. The summed E-state index contributed by atoms with van der Waals surface area (Å²) >= 11 is 1.56. The number of carbonyl (C=O) groups excluding carboxylic acids is 2. The van der Waals surface area contributed by atoms with Crippen molar-refractivity contribution in [1.82, 2.24) is 5.16 Å². The molecule has 1 heterocycles. The number of hydrogen-bond acceptors (Lipinski definition) is 6. The number of carbonyl (C=O) groups is 2. The van der Waals surface area contributed by atoms with E-state index in [4.69, 9.17) is 9.26 Å². The normalized spacial score (nSPS) is 11.6. The van der Waals surface area contributed by atoms with Gasteiger partial charge in [0.25, 0.3) is 5.91 Å². The number of ether oxygens (including phenoxy) is 1. The molecule has 144 valence electrons. The average Bonchev–Trinajstić information content (AvgIpc) is 3.12. The molecule has 2 aromatic carbocycles. The molecule has 0 bridgehead atoms. The lowest BCUT2D eigenvalue weighted by Crippen LogP contribution is -2.26. The number of amides is 1. The van der Waals surface area contributed by atoms with Gasteiger partial charge in [0.05, 0.1) is 6.42 Å². The summed E-state index contributed by atoms with van der Waals surface area (Å²) < 4.78 is 10.4. The van der Waals surface area contributed by atoms with E-state index in [-0.39, 0.29) is 12.2 Å². The zero-order valence-electron chi connectivity index (χ0n) is 15.3. The molecule has 3 rings (SSSR count). The standard InChI is InChI=1S/C21H20N2O4S/c1-15-14-18(23-27-15)22-21(25)20(16-8-4-2-5-9-16)26-19(24)12-13-28-17-10-6-3-7-11-17/h2-11,14,20H,12-13H2,1H3,(H,22,23,25). The Morgan fingerprint density at radius 2 is 1.79 bits per heavy atom. The van der Waals surface area contributed by atoms with Crippen molar-refractivity contribution >= 4 is 29.5 Å². The fourth-order valence-electron chi connectivity index (χ4n) is 2.48. The van der Waals surface area contributed by atoms with Crippen LogP contribution in [0.25, 0.3) is 0 Å². The van der Waals surface area contributed by atoms with Crippen LogP contribution >= 0.6 is 11.8 Å². The van der Waals surface area contributed by atoms with Crippen LogP contribution in [-0.2, 0) is 14.3 Å². The Labute approximate surface area is 167 Å². The largest absolute Gasteiger partial charge is 0.447 e. The van der Waals surface area contributed by atoms with E-state index in [1.54, 1.807) is 49.0 Å². The minimum atomic E-state index is -1.06. The molecule has 0 saturated heterocycles. The molecular weight excluding hydrogens is 376 g/mol. The fourth-order valence-corrected chi connectivity index (χ4v) is 3.33. The highest BCUT2D eigenvalue weighted by atomic mass is 32.2. The summed E-state index contributed by atoms with van der Waals surface area (Å²) in [6.45, 7) is 1.72. The molecule has 1 N–H and O–H groups in total. The number of anilines is 1. The molecule has 0 spiro atoms. The molecule has 0 saturated carbocycles. The zero-order valence-corrected chi connectivity index (χ0v) is 16.1. The van der Waals surface area contributed by atoms with Gasteiger partial charge in [0.15, 0.2) is 5.82 Å². The van der Waals surface area contributed by atoms with Crippen molar-refractivity contribution < 1.29 is 18.8 Å². The summed E-state index contributed by atoms with van der Waals surface area (Å²) in [6.07, 6.45) is -0.869. The van der Waals surface area contributed by atoms with Crippen LogP contribution in [0.1, 0.15) is 23.8 Å². The predicted octanol–water partition coefficient (Wildman–Crippen LogP) is 4.39. The SMILES string of the molecule is Cc1cc(NC(=O)C(OC(=O)CCSc2ccccc2)c2ccccc2)no1. The highest BCUT2D eigenvalue weighted by molar-refractivity contribution is 7.99. The van der Waals surface area contributed by atoms with E-state index >= 15 is 0 Å². The van der Waals surface area contributed by atoms with Crippen LogP contribution in [0.15, 0.2) is 76.1 Å². The second-order valence-corrected chi connectivity index (χ2v) is 7.17. The van der Waals surface area contributed by atoms with Gasteiger partial charge in [0, 0.05) is 22.3 Å². The highest BCUT2D eigenvalue weighted by Crippen LogP contribution is 2.22. The van der Waals surface area contributed by atoms with Gasteiger partial charge < -0.3 is 14.6 Å². The van der Waals surface area contributed by atoms with Gasteiger partial charge in [-0.15, -0.1) is 11.8 Å². The molecule has 0 fully saturated rings. The maximum absolute atomic E-state index is 12.7. The number of thioether (sulfide) groups is 1. The first-order valence-corrected chi connectivity index (χ1v) is 9.77. The van der Waals surface area contributed by atoms with Gasteiger partial charge in [-0.2, -0.15) is 0 Å². The topological polar surface area (TPSA) is 81.4 Å². The maximum atomic E-state index is 12.7. The van der Waals surface area contributed by atoms with E-state index in [9.17, 15) is 9.59 Å². The number of benzene rings is 2. The Balaban J connectivity index is 1.61. The molecule has 0 radical (unpaired) electrons. The van der Waals surface area contributed by atoms with E-state index in [2.05, 4.69) is 10.5 Å². The van der Waals surface area contributed by atoms with Gasteiger partial charge in [-0.25, -0.2) is 0 Å². The van der Waals surface area contributed by atoms with Crippen molar-refractivity contribution in [3.05, 3.63) is 78.1 Å². The summed E-state index contributed by atoms with van der Waals surface area (Å²) in [6, 6.07) is 20.3. The van der Waals surface area contributed by atoms with Gasteiger partial charge in [-0.3, -0.25) is 9.59 Å². The van der Waals surface area contributed by atoms with Gasteiger partial charge in [-0.1, -0.05) is 53.7 Å². The number of nitrogens with zero attached hydrogens (tertiary/aromatic N) is 1. The van der Waals surface area contributed by atoms with Gasteiger partial charge in [0.2, 0.25) is 6.10 Å². The zero-order chi connectivity index (χ0) is 19.8. The van der Waals surface area contributed by atoms with E-state index in [1.165, 1.54) is 0 Å². The number of aromatic nitrogens is 1. The third-order valence-corrected chi connectivity index (χ3v) is 4.80. The summed E-state index contributed by atoms with van der Waals surface area (Å²) in [4.78, 5) is 26.1. The third-order valence-electron chi connectivity index (χ3n) is 3.79. The smallest absolute Gasteiger partial charge is 0.307 e. The lowest BCUT2D eigenvalue weighted by Gasteiger charge is -2.17. The molecule has 0 aliphatic carbocycles. The van der Waals surface area contributed by atoms with Crippen LogP contribution in [0.4, 0.5) is 5.82 Å². The first kappa shape index (κ1) is 19.7. The number of nitrogens with one attached hydrogen (secondary N) is 1. The number of esters is 1. The molecule has 0 aliphatic rings. The molecule has 0 aliphatic heterocycles. The number of hydrogen-bond donors (Lipinski definition) is 1. The quantitative estimate of drug-likeness (QED) is 0.449. The Hall–Kier alpha value is -3.06. The van der Waals surface area contributed by atoms with E-state index < -0.39 is 18.0 Å². The second kappa shape index (κ2) is 9.75. The van der Waals surface area contributed by atoms with Crippen LogP contribution in [0.3, 0.4) is 0 Å². The molecule has 3 aromatic rings. The molecule has 1 unspecified atom stereocenters. The van der Waals surface area contributed by atoms with Gasteiger partial charge in [0.1, 0.15) is 5.76 Å². The summed E-state index contributed by atoms with van der Waals surface area (Å²) in [5.41, 5.74) is 0.587. The fraction of sp³-hybridized carbons (Fsp3) is 0.190. The van der Waals surface area contributed by atoms with Crippen LogP contribution in [-0.4, -0.2) is 22.8 Å². The Morgan fingerprint density at radius 3 is 2.43 bits per heavy atom. The Kier molecular flexibility index (Phi) is 6.86. The van der Waals surface area contributed by atoms with E-state index in [1.807, 2.05) is 36.4 Å². The Bertz CT molecular complexity index is 912. The first-order chi connectivity index (χ1) is 13.6. The minimum absolute atomic E-state index is 0.194. The lowest BCUT2D eigenvalue weighted by molar-refractivity contribution is -0.154. The highest BCUT2D eigenvalue weighted by Gasteiger charge is 2.25. The molecule has 1 aromatic heterocycles. The van der Waals surface area contributed by atoms with Crippen LogP contribution in [0.5, 0.6) is 0 Å². The van der Waals surface area contributed by atoms with Crippen molar-refractivity contribution in [2.75, 3.05) is 11.1 Å². The summed E-state index contributed by atoms with van der Waals surface area (Å²) in [7, 11) is 0. The monoisotopic (exact) mass is 396 g/mol. The predicted molar refractivity (Wildman–Crippen MR) is 107 cm³/mol. The van der Waals surface area contributed by atoms with Crippen molar-refractivity contribution in [2.45, 2.75) is 24.3 Å². The molecule has 28 heavy (non-hydrogen) atoms. The second-order valence-electron chi connectivity index (χ2n) is 6.00. The molecule has 6 nitrogen and oxygen atoms in total. The van der Waals surface area contributed by atoms with Crippen LogP contribution < -0.4 is 5.32 Å². The lowest BCUT2D eigenvalue weighted by atomic mass is 10.1.